The van der Waals surface area contributed by atoms with Crippen molar-refractivity contribution in [3.8, 4) is 0 Å². The molecule has 6 rings (SSSR count). The van der Waals surface area contributed by atoms with Crippen molar-refractivity contribution in [3.05, 3.63) is 70.2 Å². The Balaban J connectivity index is 0.000000573. The first-order valence-corrected chi connectivity index (χ1v) is 16.6. The molecule has 2 aromatic carbocycles. The average Bonchev–Trinajstić information content (AvgIpc) is 3.93. The predicted octanol–water partition coefficient (Wildman–Crippen LogP) is 5.59. The van der Waals surface area contributed by atoms with Crippen molar-refractivity contribution in [3.63, 3.8) is 0 Å². The van der Waals surface area contributed by atoms with Crippen molar-refractivity contribution in [1.82, 2.24) is 20.0 Å². The van der Waals surface area contributed by atoms with E-state index in [-0.39, 0.29) is 41.8 Å². The highest BCUT2D eigenvalue weighted by Crippen LogP contribution is 2.40. The van der Waals surface area contributed by atoms with Gasteiger partial charge in [-0.25, -0.2) is 4.79 Å². The molecule has 4 aliphatic rings. The molecule has 4 amide bonds. The highest BCUT2D eigenvalue weighted by Gasteiger charge is 2.58. The van der Waals surface area contributed by atoms with Crippen LogP contribution in [-0.2, 0) is 20.9 Å². The molecule has 236 valence electrons. The summed E-state index contributed by atoms with van der Waals surface area (Å²) >= 11 is 3.45. The number of piperidine rings is 1. The van der Waals surface area contributed by atoms with Gasteiger partial charge in [0.05, 0.1) is 18.5 Å². The zero-order chi connectivity index (χ0) is 31.4. The molecule has 0 radical (unpaired) electrons. The van der Waals surface area contributed by atoms with Crippen molar-refractivity contribution in [2.45, 2.75) is 83.0 Å². The van der Waals surface area contributed by atoms with Crippen LogP contribution in [0.4, 0.5) is 4.79 Å². The van der Waals surface area contributed by atoms with Gasteiger partial charge in [0.15, 0.2) is 0 Å². The number of benzene rings is 2. The van der Waals surface area contributed by atoms with Crippen molar-refractivity contribution in [2.75, 3.05) is 19.6 Å². The van der Waals surface area contributed by atoms with Crippen LogP contribution in [0.5, 0.6) is 0 Å². The summed E-state index contributed by atoms with van der Waals surface area (Å²) in [5.74, 6) is -0.355. The molecule has 0 unspecified atom stereocenters. The first-order chi connectivity index (χ1) is 21.1. The fraction of sp³-hybridized carbons (Fsp3) is 0.529. The fourth-order valence-electron chi connectivity index (χ4n) is 6.27. The Morgan fingerprint density at radius 3 is 2.09 bits per heavy atom. The molecular weight excluding hydrogens is 624 g/mol. The van der Waals surface area contributed by atoms with E-state index >= 15 is 0 Å². The zero-order valence-electron chi connectivity index (χ0n) is 25.6. The monoisotopic (exact) mass is 666 g/mol. The highest BCUT2D eigenvalue weighted by molar-refractivity contribution is 9.10. The summed E-state index contributed by atoms with van der Waals surface area (Å²) in [6, 6.07) is 17.7. The number of rotatable bonds is 10. The van der Waals surface area contributed by atoms with Gasteiger partial charge in [0.2, 0.25) is 5.91 Å². The van der Waals surface area contributed by atoms with Crippen LogP contribution >= 0.6 is 15.9 Å². The number of carboxylic acids is 1. The molecule has 9 nitrogen and oxygen atoms in total. The molecule has 2 aromatic rings. The van der Waals surface area contributed by atoms with Crippen LogP contribution in [0.1, 0.15) is 76.0 Å². The van der Waals surface area contributed by atoms with Gasteiger partial charge in [0.25, 0.3) is 5.91 Å². The topological polar surface area (TPSA) is 110 Å². The minimum atomic E-state index is -0.782. The van der Waals surface area contributed by atoms with Crippen LogP contribution in [0.15, 0.2) is 59.1 Å². The minimum Gasteiger partial charge on any atom is -0.481 e. The zero-order valence-corrected chi connectivity index (χ0v) is 27.2. The Hall–Kier alpha value is -3.24. The third kappa shape index (κ3) is 7.51. The second-order valence-corrected chi connectivity index (χ2v) is 13.7. The first kappa shape index (κ1) is 32.2. The lowest BCUT2D eigenvalue weighted by Gasteiger charge is -2.44. The molecule has 44 heavy (non-hydrogen) atoms. The van der Waals surface area contributed by atoms with Crippen LogP contribution < -0.4 is 5.32 Å². The molecule has 2 saturated heterocycles. The number of aliphatic carboxylic acids is 1. The molecule has 2 N–H and O–H groups in total. The smallest absolute Gasteiger partial charge is 0.328 e. The Morgan fingerprint density at radius 2 is 1.57 bits per heavy atom. The summed E-state index contributed by atoms with van der Waals surface area (Å²) in [6.45, 7) is 6.59. The summed E-state index contributed by atoms with van der Waals surface area (Å²) < 4.78 is 0.967. The van der Waals surface area contributed by atoms with Crippen LogP contribution in [0.3, 0.4) is 0 Å². The number of carbonyl (C=O) groups is 4. The van der Waals surface area contributed by atoms with E-state index in [1.54, 1.807) is 0 Å². The first-order valence-electron chi connectivity index (χ1n) is 15.8. The molecule has 1 spiro atoms. The maximum absolute atomic E-state index is 13.8. The van der Waals surface area contributed by atoms with Crippen LogP contribution in [0, 0.1) is 11.8 Å². The van der Waals surface area contributed by atoms with Gasteiger partial charge in [-0.1, -0.05) is 58.4 Å². The second kappa shape index (κ2) is 13.8. The second-order valence-electron chi connectivity index (χ2n) is 12.8. The summed E-state index contributed by atoms with van der Waals surface area (Å²) in [6.07, 6.45) is 5.82. The number of halogens is 1. The van der Waals surface area contributed by atoms with Crippen molar-refractivity contribution < 1.29 is 24.3 Å². The molecule has 10 heteroatoms. The molecule has 2 saturated carbocycles. The van der Waals surface area contributed by atoms with E-state index in [0.29, 0.717) is 19.4 Å². The summed E-state index contributed by atoms with van der Waals surface area (Å²) in [7, 11) is 0. The lowest BCUT2D eigenvalue weighted by molar-refractivity contribution is -0.138. The lowest BCUT2D eigenvalue weighted by Crippen LogP contribution is -2.58. The number of nitrogens with zero attached hydrogens (tertiary/aromatic N) is 3. The van der Waals surface area contributed by atoms with E-state index in [9.17, 15) is 19.2 Å². The van der Waals surface area contributed by atoms with Gasteiger partial charge in [-0.3, -0.25) is 19.3 Å². The summed E-state index contributed by atoms with van der Waals surface area (Å²) in [4.78, 5) is 55.3. The highest BCUT2D eigenvalue weighted by atomic mass is 79.9. The van der Waals surface area contributed by atoms with Crippen LogP contribution in [0.25, 0.3) is 0 Å². The number of likely N-dealkylation sites (tertiary alicyclic amines) is 1. The van der Waals surface area contributed by atoms with E-state index in [1.165, 1.54) is 4.90 Å². The SMILES string of the molecule is CC(C)N1C(=O)N(Cc2ccc(Br)cc2)C(=O)C12CCN(CC[C@H](NC(=O)C1CC1)c1ccccc1)CC2.O=C(O)C1CC1. The summed E-state index contributed by atoms with van der Waals surface area (Å²) in [5, 5.41) is 11.3. The van der Waals surface area contributed by atoms with Crippen molar-refractivity contribution in [2.24, 2.45) is 11.8 Å². The number of amides is 4. The Morgan fingerprint density at radius 1 is 0.955 bits per heavy atom. The number of carbonyl (C=O) groups excluding carboxylic acids is 3. The summed E-state index contributed by atoms with van der Waals surface area (Å²) in [5.41, 5.74) is 1.28. The van der Waals surface area contributed by atoms with E-state index < -0.39 is 11.5 Å². The third-order valence-electron chi connectivity index (χ3n) is 9.12. The van der Waals surface area contributed by atoms with Gasteiger partial charge < -0.3 is 20.2 Å². The molecule has 4 fully saturated rings. The molecule has 0 bridgehead atoms. The van der Waals surface area contributed by atoms with Gasteiger partial charge in [0, 0.05) is 36.1 Å². The van der Waals surface area contributed by atoms with E-state index in [4.69, 9.17) is 5.11 Å². The van der Waals surface area contributed by atoms with Gasteiger partial charge >= 0.3 is 12.0 Å². The Labute approximate surface area is 268 Å². The van der Waals surface area contributed by atoms with E-state index in [0.717, 1.165) is 67.3 Å². The van der Waals surface area contributed by atoms with Crippen LogP contribution in [0.2, 0.25) is 0 Å². The third-order valence-corrected chi connectivity index (χ3v) is 9.65. The number of urea groups is 1. The number of nitrogens with one attached hydrogen (secondary N) is 1. The van der Waals surface area contributed by atoms with Gasteiger partial charge in [-0.05, 0) is 82.1 Å². The largest absolute Gasteiger partial charge is 0.481 e. The normalized spacial score (nSPS) is 20.5. The average molecular weight is 668 g/mol. The van der Waals surface area contributed by atoms with E-state index in [2.05, 4.69) is 38.3 Å². The molecule has 1 atom stereocenters. The maximum atomic E-state index is 13.8. The van der Waals surface area contributed by atoms with Gasteiger partial charge in [0.1, 0.15) is 5.54 Å². The van der Waals surface area contributed by atoms with Crippen molar-refractivity contribution >= 4 is 39.7 Å². The molecule has 2 aliphatic heterocycles. The Bertz CT molecular complexity index is 1340. The maximum Gasteiger partial charge on any atom is 0.328 e. The number of carboxylic acid groups (broad SMARTS) is 1. The van der Waals surface area contributed by atoms with Gasteiger partial charge in [-0.15, -0.1) is 0 Å². The quantitative estimate of drug-likeness (QED) is 0.320. The van der Waals surface area contributed by atoms with Crippen LogP contribution in [-0.4, -0.2) is 74.8 Å². The number of hydrogen-bond donors (Lipinski definition) is 2. The molecule has 0 aromatic heterocycles. The lowest BCUT2D eigenvalue weighted by atomic mass is 9.84. The van der Waals surface area contributed by atoms with Crippen molar-refractivity contribution in [1.29, 1.82) is 0 Å². The Kier molecular flexibility index (Phi) is 10.1. The minimum absolute atomic E-state index is 0.0185. The predicted molar refractivity (Wildman–Crippen MR) is 170 cm³/mol. The van der Waals surface area contributed by atoms with Gasteiger partial charge in [-0.2, -0.15) is 0 Å². The molecule has 2 heterocycles. The standard InChI is InChI=1S/C30H37BrN4O3.C4H6O2/c1-21(2)35-29(38)34(20-22-8-12-25(31)13-9-22)28(37)30(35)15-18-33(19-16-30)17-14-26(23-6-4-3-5-7-23)32-27(36)24-10-11-24;5-4(6)3-1-2-3/h3-9,12-13,21,24,26H,10-11,14-20H2,1-2H3,(H,32,36);3H,1-2H2,(H,5,6)/t26-;/m0./s1. The molecular formula is C34H43BrN4O5. The van der Waals surface area contributed by atoms with E-state index in [1.807, 2.05) is 61.2 Å². The number of imide groups is 1. The molecule has 2 aliphatic carbocycles. The fourth-order valence-corrected chi connectivity index (χ4v) is 6.53. The number of hydrogen-bond acceptors (Lipinski definition) is 5.